The number of hydrogen-bond donors (Lipinski definition) is 1. The van der Waals surface area contributed by atoms with Crippen LogP contribution in [0, 0.1) is 0 Å². The minimum atomic E-state index is -2.47. The second-order valence-electron chi connectivity index (χ2n) is 5.68. The van der Waals surface area contributed by atoms with Gasteiger partial charge in [0.25, 0.3) is 6.43 Å². The van der Waals surface area contributed by atoms with Gasteiger partial charge in [0.05, 0.1) is 5.60 Å². The van der Waals surface area contributed by atoms with E-state index in [-0.39, 0.29) is 5.56 Å². The van der Waals surface area contributed by atoms with Crippen LogP contribution >= 0.6 is 11.8 Å². The Labute approximate surface area is 116 Å². The summed E-state index contributed by atoms with van der Waals surface area (Å²) in [4.78, 5) is 0. The molecule has 0 radical (unpaired) electrons. The number of rotatable bonds is 2. The fourth-order valence-corrected chi connectivity index (χ4v) is 5.21. The largest absolute Gasteiger partial charge is 0.385 e. The number of benzene rings is 1. The molecule has 2 aliphatic rings. The Bertz CT molecular complexity index is 451. The Morgan fingerprint density at radius 2 is 1.89 bits per heavy atom. The topological polar surface area (TPSA) is 20.2 Å². The quantitative estimate of drug-likeness (QED) is 0.875. The van der Waals surface area contributed by atoms with Gasteiger partial charge >= 0.3 is 0 Å². The van der Waals surface area contributed by atoms with E-state index in [1.165, 1.54) is 18.6 Å². The van der Waals surface area contributed by atoms with Gasteiger partial charge in [0, 0.05) is 16.1 Å². The lowest BCUT2D eigenvalue weighted by Crippen LogP contribution is -2.40. The van der Waals surface area contributed by atoms with E-state index >= 15 is 0 Å². The van der Waals surface area contributed by atoms with E-state index < -0.39 is 12.0 Å². The highest BCUT2D eigenvalue weighted by atomic mass is 32.2. The smallest absolute Gasteiger partial charge is 0.263 e. The molecule has 0 aromatic heterocycles. The van der Waals surface area contributed by atoms with Crippen molar-refractivity contribution in [1.82, 2.24) is 0 Å². The molecule has 19 heavy (non-hydrogen) atoms. The highest BCUT2D eigenvalue weighted by Gasteiger charge is 2.42. The van der Waals surface area contributed by atoms with Crippen LogP contribution in [0.3, 0.4) is 0 Å². The summed E-state index contributed by atoms with van der Waals surface area (Å²) in [7, 11) is 0. The minimum absolute atomic E-state index is 0.00862. The van der Waals surface area contributed by atoms with Crippen LogP contribution in [-0.2, 0) is 5.60 Å². The van der Waals surface area contributed by atoms with Crippen molar-refractivity contribution < 1.29 is 13.9 Å². The van der Waals surface area contributed by atoms with Gasteiger partial charge in [0.1, 0.15) is 0 Å². The van der Waals surface area contributed by atoms with Gasteiger partial charge in [-0.15, -0.1) is 0 Å². The van der Waals surface area contributed by atoms with E-state index in [9.17, 15) is 13.9 Å². The average Bonchev–Trinajstić information content (AvgIpc) is 2.38. The molecule has 2 unspecified atom stereocenters. The molecule has 1 N–H and O–H groups in total. The summed E-state index contributed by atoms with van der Waals surface area (Å²) in [5.41, 5.74) is -0.233. The molecule has 0 amide bonds. The lowest BCUT2D eigenvalue weighted by atomic mass is 9.80. The van der Waals surface area contributed by atoms with Gasteiger partial charge in [0.15, 0.2) is 0 Å². The molecule has 3 rings (SSSR count). The van der Waals surface area contributed by atoms with Crippen LogP contribution in [0.4, 0.5) is 8.78 Å². The predicted molar refractivity (Wildman–Crippen MR) is 73.5 cm³/mol. The Morgan fingerprint density at radius 1 is 1.21 bits per heavy atom. The molecule has 2 bridgehead atoms. The van der Waals surface area contributed by atoms with Crippen LogP contribution in [0.25, 0.3) is 0 Å². The molecule has 4 heteroatoms. The van der Waals surface area contributed by atoms with Crippen LogP contribution in [0.2, 0.25) is 0 Å². The van der Waals surface area contributed by atoms with Gasteiger partial charge in [-0.2, -0.15) is 11.8 Å². The molecule has 2 atom stereocenters. The second kappa shape index (κ2) is 5.06. The molecular formula is C15H18F2OS. The third-order valence-corrected chi connectivity index (χ3v) is 5.82. The van der Waals surface area contributed by atoms with Crippen LogP contribution in [0.15, 0.2) is 24.3 Å². The molecule has 0 saturated carbocycles. The van der Waals surface area contributed by atoms with Crippen LogP contribution in [-0.4, -0.2) is 15.6 Å². The number of fused-ring (bicyclic) bond motifs is 2. The number of hydrogen-bond acceptors (Lipinski definition) is 2. The van der Waals surface area contributed by atoms with Gasteiger partial charge in [-0.1, -0.05) is 24.6 Å². The van der Waals surface area contributed by atoms with Gasteiger partial charge < -0.3 is 5.11 Å². The Balaban J connectivity index is 1.89. The second-order valence-corrected chi connectivity index (χ2v) is 7.28. The van der Waals surface area contributed by atoms with Crippen molar-refractivity contribution in [3.8, 4) is 0 Å². The third-order valence-electron chi connectivity index (χ3n) is 4.24. The Kier molecular flexibility index (Phi) is 3.56. The first-order valence-electron chi connectivity index (χ1n) is 6.83. The van der Waals surface area contributed by atoms with E-state index in [1.807, 2.05) is 11.8 Å². The molecule has 1 aromatic carbocycles. The fraction of sp³-hybridized carbons (Fsp3) is 0.600. The fourth-order valence-electron chi connectivity index (χ4n) is 3.32. The maximum Gasteiger partial charge on any atom is 0.263 e. The SMILES string of the molecule is OC1(c2cccc(C(F)F)c2)CC2CCCC(C1)S2. The molecular weight excluding hydrogens is 266 g/mol. The van der Waals surface area contributed by atoms with Gasteiger partial charge in [-0.05, 0) is 37.3 Å². The third kappa shape index (κ3) is 2.65. The predicted octanol–water partition coefficient (Wildman–Crippen LogP) is 4.26. The van der Waals surface area contributed by atoms with E-state index in [0.29, 0.717) is 28.9 Å². The summed E-state index contributed by atoms with van der Waals surface area (Å²) in [6.45, 7) is 0. The molecule has 0 spiro atoms. The highest BCUT2D eigenvalue weighted by molar-refractivity contribution is 8.00. The first-order chi connectivity index (χ1) is 9.07. The lowest BCUT2D eigenvalue weighted by molar-refractivity contribution is 0.00785. The van der Waals surface area contributed by atoms with E-state index in [4.69, 9.17) is 0 Å². The van der Waals surface area contributed by atoms with Gasteiger partial charge in [-0.25, -0.2) is 8.78 Å². The summed E-state index contributed by atoms with van der Waals surface area (Å²) in [5.74, 6) is 0. The van der Waals surface area contributed by atoms with Crippen LogP contribution in [0.5, 0.6) is 0 Å². The average molecular weight is 284 g/mol. The standard InChI is InChI=1S/C15H18F2OS/c16-14(17)10-3-1-4-11(7-10)15(18)8-12-5-2-6-13(9-15)19-12/h1,3-4,7,12-14,18H,2,5-6,8-9H2. The maximum absolute atomic E-state index is 12.8. The van der Waals surface area contributed by atoms with Crippen LogP contribution in [0.1, 0.15) is 49.7 Å². The Hall–Kier alpha value is -0.610. The summed E-state index contributed by atoms with van der Waals surface area (Å²) >= 11 is 1.97. The molecule has 0 aliphatic carbocycles. The number of thioether (sulfide) groups is 1. The minimum Gasteiger partial charge on any atom is -0.385 e. The first-order valence-corrected chi connectivity index (χ1v) is 7.77. The van der Waals surface area contributed by atoms with Crippen molar-refractivity contribution in [1.29, 1.82) is 0 Å². The molecule has 2 aliphatic heterocycles. The van der Waals surface area contributed by atoms with Crippen molar-refractivity contribution in [2.75, 3.05) is 0 Å². The number of aliphatic hydroxyl groups is 1. The summed E-state index contributed by atoms with van der Waals surface area (Å²) in [5, 5.41) is 11.9. The highest BCUT2D eigenvalue weighted by Crippen LogP contribution is 2.49. The zero-order valence-electron chi connectivity index (χ0n) is 10.7. The van der Waals surface area contributed by atoms with Crippen molar-refractivity contribution >= 4 is 11.8 Å². The zero-order valence-corrected chi connectivity index (χ0v) is 11.5. The molecule has 1 aromatic rings. The molecule has 2 heterocycles. The molecule has 2 saturated heterocycles. The van der Waals surface area contributed by atoms with E-state index in [1.54, 1.807) is 12.1 Å². The van der Waals surface area contributed by atoms with Crippen molar-refractivity contribution in [3.63, 3.8) is 0 Å². The number of halogens is 2. The number of alkyl halides is 2. The monoisotopic (exact) mass is 284 g/mol. The molecule has 1 nitrogen and oxygen atoms in total. The molecule has 2 fully saturated rings. The Morgan fingerprint density at radius 3 is 2.53 bits per heavy atom. The van der Waals surface area contributed by atoms with Crippen molar-refractivity contribution in [3.05, 3.63) is 35.4 Å². The molecule has 104 valence electrons. The van der Waals surface area contributed by atoms with Gasteiger partial charge in [-0.3, -0.25) is 0 Å². The first kappa shape index (κ1) is 13.4. The van der Waals surface area contributed by atoms with Gasteiger partial charge in [0.2, 0.25) is 0 Å². The summed E-state index contributed by atoms with van der Waals surface area (Å²) < 4.78 is 25.6. The van der Waals surface area contributed by atoms with Crippen molar-refractivity contribution in [2.24, 2.45) is 0 Å². The summed E-state index contributed by atoms with van der Waals surface area (Å²) in [6.07, 6.45) is 2.42. The van der Waals surface area contributed by atoms with E-state index in [0.717, 1.165) is 12.8 Å². The normalized spacial score (nSPS) is 34.5. The van der Waals surface area contributed by atoms with E-state index in [2.05, 4.69) is 0 Å². The summed E-state index contributed by atoms with van der Waals surface area (Å²) in [6, 6.07) is 6.33. The zero-order chi connectivity index (χ0) is 13.5. The van der Waals surface area contributed by atoms with Crippen LogP contribution < -0.4 is 0 Å². The lowest BCUT2D eigenvalue weighted by Gasteiger charge is -2.44. The maximum atomic E-state index is 12.8. The van der Waals surface area contributed by atoms with Crippen molar-refractivity contribution in [2.45, 2.75) is 54.6 Å².